The molecule has 70 valence electrons. The van der Waals surface area contributed by atoms with Crippen LogP contribution in [0, 0.1) is 7.14 Å². The highest BCUT2D eigenvalue weighted by Gasteiger charge is 2.19. The van der Waals surface area contributed by atoms with Gasteiger partial charge in [0, 0.05) is 25.2 Å². The number of ether oxygens (including phenoxy) is 1. The lowest BCUT2D eigenvalue weighted by atomic mass is 10.0. The van der Waals surface area contributed by atoms with Gasteiger partial charge in [-0.1, -0.05) is 0 Å². The van der Waals surface area contributed by atoms with Gasteiger partial charge in [0.2, 0.25) is 0 Å². The number of halogens is 2. The molecule has 1 aliphatic rings. The van der Waals surface area contributed by atoms with Gasteiger partial charge in [0.05, 0.1) is 6.61 Å². The quantitative estimate of drug-likeness (QED) is 0.679. The standard InChI is InChI=1S/C9H9I2NO/c10-6-3-5-8(12)1-2-13-9(5)4-7(6)11/h3-4,8H,1-2,12H2/t8-/m0/s1. The Morgan fingerprint density at radius 2 is 2.00 bits per heavy atom. The third-order valence-corrected chi connectivity index (χ3v) is 4.96. The number of benzene rings is 1. The van der Waals surface area contributed by atoms with Crippen molar-refractivity contribution in [1.29, 1.82) is 0 Å². The molecule has 1 heterocycles. The first-order valence-electron chi connectivity index (χ1n) is 4.06. The van der Waals surface area contributed by atoms with Gasteiger partial charge < -0.3 is 10.5 Å². The van der Waals surface area contributed by atoms with Crippen molar-refractivity contribution in [2.75, 3.05) is 6.61 Å². The van der Waals surface area contributed by atoms with Gasteiger partial charge >= 0.3 is 0 Å². The van der Waals surface area contributed by atoms with Gasteiger partial charge in [-0.15, -0.1) is 0 Å². The first-order valence-corrected chi connectivity index (χ1v) is 6.21. The van der Waals surface area contributed by atoms with Crippen LogP contribution >= 0.6 is 45.2 Å². The summed E-state index contributed by atoms with van der Waals surface area (Å²) >= 11 is 4.63. The average molecular weight is 401 g/mol. The summed E-state index contributed by atoms with van der Waals surface area (Å²) in [5.74, 6) is 0.962. The minimum atomic E-state index is 0.147. The Bertz CT molecular complexity index is 341. The van der Waals surface area contributed by atoms with Crippen LogP contribution in [-0.2, 0) is 0 Å². The van der Waals surface area contributed by atoms with Crippen LogP contribution < -0.4 is 10.5 Å². The Labute approximate surface area is 104 Å². The van der Waals surface area contributed by atoms with Crippen LogP contribution in [0.2, 0.25) is 0 Å². The maximum absolute atomic E-state index is 5.98. The molecule has 1 atom stereocenters. The van der Waals surface area contributed by atoms with E-state index in [4.69, 9.17) is 10.5 Å². The number of fused-ring (bicyclic) bond motifs is 1. The fraction of sp³-hybridized carbons (Fsp3) is 0.333. The van der Waals surface area contributed by atoms with E-state index < -0.39 is 0 Å². The van der Waals surface area contributed by atoms with Gasteiger partial charge in [-0.2, -0.15) is 0 Å². The summed E-state index contributed by atoms with van der Waals surface area (Å²) in [5, 5.41) is 0. The van der Waals surface area contributed by atoms with Crippen LogP contribution in [0.25, 0.3) is 0 Å². The Morgan fingerprint density at radius 1 is 1.31 bits per heavy atom. The van der Waals surface area contributed by atoms with Crippen LogP contribution in [0.1, 0.15) is 18.0 Å². The molecule has 1 aromatic carbocycles. The van der Waals surface area contributed by atoms with Gasteiger partial charge in [0.1, 0.15) is 5.75 Å². The third kappa shape index (κ3) is 1.94. The normalized spacial score (nSPS) is 20.7. The van der Waals surface area contributed by atoms with Gasteiger partial charge in [-0.3, -0.25) is 0 Å². The number of hydrogen-bond donors (Lipinski definition) is 1. The van der Waals surface area contributed by atoms with E-state index in [1.165, 1.54) is 7.14 Å². The summed E-state index contributed by atoms with van der Waals surface area (Å²) in [5.41, 5.74) is 7.13. The van der Waals surface area contributed by atoms with Crippen LogP contribution in [-0.4, -0.2) is 6.61 Å². The lowest BCUT2D eigenvalue weighted by molar-refractivity contribution is 0.268. The molecular weight excluding hydrogens is 392 g/mol. The van der Waals surface area contributed by atoms with E-state index in [2.05, 4.69) is 57.3 Å². The van der Waals surface area contributed by atoms with E-state index in [0.717, 1.165) is 24.3 Å². The summed E-state index contributed by atoms with van der Waals surface area (Å²) in [7, 11) is 0. The summed E-state index contributed by atoms with van der Waals surface area (Å²) in [6.07, 6.45) is 0.920. The highest BCUT2D eigenvalue weighted by Crippen LogP contribution is 2.33. The largest absolute Gasteiger partial charge is 0.493 e. The summed E-state index contributed by atoms with van der Waals surface area (Å²) < 4.78 is 8.02. The molecule has 0 aromatic heterocycles. The molecule has 0 spiro atoms. The molecule has 0 saturated carbocycles. The molecule has 0 fully saturated rings. The Morgan fingerprint density at radius 3 is 2.77 bits per heavy atom. The van der Waals surface area contributed by atoms with E-state index in [9.17, 15) is 0 Å². The lowest BCUT2D eigenvalue weighted by Crippen LogP contribution is -2.20. The minimum absolute atomic E-state index is 0.147. The fourth-order valence-corrected chi connectivity index (χ4v) is 2.34. The Kier molecular flexibility index (Phi) is 2.99. The zero-order chi connectivity index (χ0) is 9.42. The first-order chi connectivity index (χ1) is 6.18. The molecule has 2 nitrogen and oxygen atoms in total. The molecule has 2 N–H and O–H groups in total. The molecule has 1 aromatic rings. The molecule has 13 heavy (non-hydrogen) atoms. The van der Waals surface area contributed by atoms with Crippen molar-refractivity contribution in [3.63, 3.8) is 0 Å². The Balaban J connectivity index is 2.52. The molecule has 4 heteroatoms. The second kappa shape index (κ2) is 3.90. The van der Waals surface area contributed by atoms with Crippen molar-refractivity contribution in [3.05, 3.63) is 24.8 Å². The average Bonchev–Trinajstić information content (AvgIpc) is 2.09. The summed E-state index contributed by atoms with van der Waals surface area (Å²) in [6.45, 7) is 0.741. The lowest BCUT2D eigenvalue weighted by Gasteiger charge is -2.23. The van der Waals surface area contributed by atoms with Crippen LogP contribution in [0.15, 0.2) is 12.1 Å². The second-order valence-electron chi connectivity index (χ2n) is 3.05. The first kappa shape index (κ1) is 9.97. The number of rotatable bonds is 0. The molecule has 1 aliphatic heterocycles. The van der Waals surface area contributed by atoms with E-state index >= 15 is 0 Å². The maximum Gasteiger partial charge on any atom is 0.125 e. The van der Waals surface area contributed by atoms with Crippen molar-refractivity contribution in [1.82, 2.24) is 0 Å². The van der Waals surface area contributed by atoms with Gasteiger partial charge in [0.15, 0.2) is 0 Å². The molecule has 0 radical (unpaired) electrons. The highest BCUT2D eigenvalue weighted by molar-refractivity contribution is 14.1. The molecule has 0 aliphatic carbocycles. The summed E-state index contributed by atoms with van der Waals surface area (Å²) in [6, 6.07) is 4.34. The van der Waals surface area contributed by atoms with Crippen molar-refractivity contribution < 1.29 is 4.74 Å². The third-order valence-electron chi connectivity index (χ3n) is 2.14. The molecule has 0 saturated heterocycles. The predicted molar refractivity (Wildman–Crippen MR) is 68.9 cm³/mol. The van der Waals surface area contributed by atoms with Crippen LogP contribution in [0.3, 0.4) is 0 Å². The SMILES string of the molecule is N[C@H]1CCOc2cc(I)c(I)cc21. The predicted octanol–water partition coefficient (Wildman–Crippen LogP) is 2.68. The van der Waals surface area contributed by atoms with Gasteiger partial charge in [-0.05, 0) is 57.3 Å². The van der Waals surface area contributed by atoms with E-state index in [0.29, 0.717) is 0 Å². The van der Waals surface area contributed by atoms with Crippen molar-refractivity contribution in [2.45, 2.75) is 12.5 Å². The zero-order valence-electron chi connectivity index (χ0n) is 6.89. The molecule has 2 rings (SSSR count). The second-order valence-corrected chi connectivity index (χ2v) is 5.37. The van der Waals surface area contributed by atoms with Crippen LogP contribution in [0.4, 0.5) is 0 Å². The van der Waals surface area contributed by atoms with Gasteiger partial charge in [-0.25, -0.2) is 0 Å². The molecule has 0 unspecified atom stereocenters. The number of nitrogens with two attached hydrogens (primary N) is 1. The molecule has 0 bridgehead atoms. The van der Waals surface area contributed by atoms with Gasteiger partial charge in [0.25, 0.3) is 0 Å². The smallest absolute Gasteiger partial charge is 0.125 e. The Hall–Kier alpha value is 0.440. The minimum Gasteiger partial charge on any atom is -0.493 e. The zero-order valence-corrected chi connectivity index (χ0v) is 11.2. The van der Waals surface area contributed by atoms with E-state index in [-0.39, 0.29) is 6.04 Å². The number of hydrogen-bond acceptors (Lipinski definition) is 2. The van der Waals surface area contributed by atoms with Crippen molar-refractivity contribution in [2.24, 2.45) is 5.73 Å². The van der Waals surface area contributed by atoms with E-state index in [1.54, 1.807) is 0 Å². The molecular formula is C9H9I2NO. The van der Waals surface area contributed by atoms with Crippen molar-refractivity contribution >= 4 is 45.2 Å². The fourth-order valence-electron chi connectivity index (χ4n) is 1.41. The van der Waals surface area contributed by atoms with E-state index in [1.807, 2.05) is 0 Å². The van der Waals surface area contributed by atoms with Crippen molar-refractivity contribution in [3.8, 4) is 5.75 Å². The maximum atomic E-state index is 5.98. The monoisotopic (exact) mass is 401 g/mol. The molecule has 0 amide bonds. The topological polar surface area (TPSA) is 35.2 Å². The highest BCUT2D eigenvalue weighted by atomic mass is 127. The summed E-state index contributed by atoms with van der Waals surface area (Å²) in [4.78, 5) is 0. The van der Waals surface area contributed by atoms with Crippen LogP contribution in [0.5, 0.6) is 5.75 Å².